The summed E-state index contributed by atoms with van der Waals surface area (Å²) in [5.41, 5.74) is 1.01. The van der Waals surface area contributed by atoms with Crippen LogP contribution in [0.2, 0.25) is 0 Å². The Labute approximate surface area is 132 Å². The molecule has 0 bridgehead atoms. The van der Waals surface area contributed by atoms with Gasteiger partial charge in [0.2, 0.25) is 5.91 Å². The quantitative estimate of drug-likeness (QED) is 0.756. The molecule has 0 aliphatic carbocycles. The van der Waals surface area contributed by atoms with Gasteiger partial charge < -0.3 is 14.4 Å². The number of methoxy groups -OCH3 is 2. The van der Waals surface area contributed by atoms with Gasteiger partial charge in [0, 0.05) is 31.1 Å². The Bertz CT molecular complexity index is 539. The molecule has 1 aliphatic rings. The van der Waals surface area contributed by atoms with Crippen LogP contribution in [0.5, 0.6) is 11.5 Å². The van der Waals surface area contributed by atoms with Gasteiger partial charge in [-0.1, -0.05) is 19.1 Å². The third-order valence-electron chi connectivity index (χ3n) is 4.06. The molecule has 22 heavy (non-hydrogen) atoms. The number of benzene rings is 1. The van der Waals surface area contributed by atoms with Gasteiger partial charge in [-0.25, -0.2) is 0 Å². The third-order valence-corrected chi connectivity index (χ3v) is 4.06. The minimum Gasteiger partial charge on any atom is -0.497 e. The number of hydrogen-bond acceptors (Lipinski definition) is 3. The van der Waals surface area contributed by atoms with Crippen molar-refractivity contribution in [1.29, 1.82) is 0 Å². The number of allylic oxidation sites excluding steroid dienone is 2. The van der Waals surface area contributed by atoms with Crippen molar-refractivity contribution in [3.63, 3.8) is 0 Å². The molecule has 0 unspecified atom stereocenters. The Balaban J connectivity index is 2.03. The maximum Gasteiger partial charge on any atom is 0.223 e. The van der Waals surface area contributed by atoms with Crippen LogP contribution < -0.4 is 9.47 Å². The average molecular weight is 303 g/mol. The first-order valence-corrected chi connectivity index (χ1v) is 7.83. The van der Waals surface area contributed by atoms with Gasteiger partial charge in [-0.2, -0.15) is 0 Å². The number of nitrogens with zero attached hydrogens (tertiary/aromatic N) is 1. The lowest BCUT2D eigenvalue weighted by Gasteiger charge is -2.31. The Morgan fingerprint density at radius 1 is 1.32 bits per heavy atom. The molecule has 0 spiro atoms. The molecule has 1 saturated heterocycles. The van der Waals surface area contributed by atoms with Crippen molar-refractivity contribution < 1.29 is 14.3 Å². The van der Waals surface area contributed by atoms with E-state index in [1.165, 1.54) is 0 Å². The smallest absolute Gasteiger partial charge is 0.223 e. The van der Waals surface area contributed by atoms with E-state index in [1.54, 1.807) is 14.2 Å². The van der Waals surface area contributed by atoms with E-state index in [-0.39, 0.29) is 5.91 Å². The zero-order chi connectivity index (χ0) is 15.9. The Kier molecular flexibility index (Phi) is 5.87. The number of carbonyl (C=O) groups excluding carboxylic acids is 1. The highest BCUT2D eigenvalue weighted by molar-refractivity contribution is 5.77. The molecule has 1 aromatic rings. The summed E-state index contributed by atoms with van der Waals surface area (Å²) in [4.78, 5) is 14.2. The molecule has 0 saturated carbocycles. The van der Waals surface area contributed by atoms with Crippen LogP contribution in [-0.2, 0) is 11.3 Å². The minimum atomic E-state index is 0.217. The van der Waals surface area contributed by atoms with Gasteiger partial charge in [0.15, 0.2) is 0 Å². The monoisotopic (exact) mass is 303 g/mol. The van der Waals surface area contributed by atoms with Crippen molar-refractivity contribution in [3.8, 4) is 11.5 Å². The van der Waals surface area contributed by atoms with E-state index in [0.29, 0.717) is 18.9 Å². The first-order chi connectivity index (χ1) is 10.7. The summed E-state index contributed by atoms with van der Waals surface area (Å²) in [6, 6.07) is 5.73. The highest BCUT2D eigenvalue weighted by Gasteiger charge is 2.25. The van der Waals surface area contributed by atoms with Gasteiger partial charge in [-0.15, -0.1) is 0 Å². The maximum absolute atomic E-state index is 12.3. The minimum absolute atomic E-state index is 0.217. The van der Waals surface area contributed by atoms with Gasteiger partial charge in [0.05, 0.1) is 14.2 Å². The number of amides is 1. The van der Waals surface area contributed by atoms with Crippen LogP contribution in [0.25, 0.3) is 0 Å². The molecule has 0 radical (unpaired) electrons. The normalized spacial score (nSPS) is 18.8. The van der Waals surface area contributed by atoms with Crippen LogP contribution in [0.1, 0.15) is 31.7 Å². The van der Waals surface area contributed by atoms with E-state index >= 15 is 0 Å². The first-order valence-electron chi connectivity index (χ1n) is 7.83. The summed E-state index contributed by atoms with van der Waals surface area (Å²) in [5, 5.41) is 0. The Morgan fingerprint density at radius 3 is 2.77 bits per heavy atom. The molecule has 4 nitrogen and oxygen atoms in total. The molecule has 120 valence electrons. The zero-order valence-electron chi connectivity index (χ0n) is 13.7. The second-order valence-corrected chi connectivity index (χ2v) is 5.58. The Morgan fingerprint density at radius 2 is 2.14 bits per heavy atom. The van der Waals surface area contributed by atoms with Crippen molar-refractivity contribution in [1.82, 2.24) is 4.90 Å². The van der Waals surface area contributed by atoms with E-state index in [4.69, 9.17) is 9.47 Å². The van der Waals surface area contributed by atoms with Gasteiger partial charge in [-0.05, 0) is 30.9 Å². The predicted octanol–water partition coefficient (Wildman–Crippen LogP) is 3.41. The molecule has 0 N–H and O–H groups in total. The second-order valence-electron chi connectivity index (χ2n) is 5.58. The SMILES string of the molecule is CC/C=C\[C@@H]1CCN(Cc2ccc(OC)cc2OC)C(=O)C1. The molecule has 1 heterocycles. The van der Waals surface area contributed by atoms with Gasteiger partial charge in [0.1, 0.15) is 11.5 Å². The summed E-state index contributed by atoms with van der Waals surface area (Å²) >= 11 is 0. The van der Waals surface area contributed by atoms with Gasteiger partial charge >= 0.3 is 0 Å². The number of likely N-dealkylation sites (tertiary alicyclic amines) is 1. The Hall–Kier alpha value is -1.97. The molecular formula is C18H25NO3. The number of hydrogen-bond donors (Lipinski definition) is 0. The molecule has 1 atom stereocenters. The first kappa shape index (κ1) is 16.4. The summed E-state index contributed by atoms with van der Waals surface area (Å²) < 4.78 is 10.6. The standard InChI is InChI=1S/C18H25NO3/c1-4-5-6-14-9-10-19(18(20)11-14)13-15-7-8-16(21-2)12-17(15)22-3/h5-8,12,14H,4,9-11,13H2,1-3H3/b6-5-/t14-/m1/s1. The van der Waals surface area contributed by atoms with Crippen molar-refractivity contribution in [2.45, 2.75) is 32.7 Å². The predicted molar refractivity (Wildman–Crippen MR) is 87.1 cm³/mol. The van der Waals surface area contributed by atoms with Gasteiger partial charge in [-0.3, -0.25) is 4.79 Å². The van der Waals surface area contributed by atoms with Crippen LogP contribution in [-0.4, -0.2) is 31.6 Å². The fraction of sp³-hybridized carbons (Fsp3) is 0.500. The molecule has 2 rings (SSSR count). The van der Waals surface area contributed by atoms with E-state index in [2.05, 4.69) is 19.1 Å². The van der Waals surface area contributed by atoms with Crippen LogP contribution in [0.3, 0.4) is 0 Å². The molecular weight excluding hydrogens is 278 g/mol. The lowest BCUT2D eigenvalue weighted by molar-refractivity contribution is -0.135. The fourth-order valence-electron chi connectivity index (χ4n) is 2.75. The number of carbonyl (C=O) groups is 1. The molecule has 1 amide bonds. The van der Waals surface area contributed by atoms with Crippen molar-refractivity contribution >= 4 is 5.91 Å². The number of rotatable bonds is 6. The van der Waals surface area contributed by atoms with Crippen LogP contribution in [0, 0.1) is 5.92 Å². The van der Waals surface area contributed by atoms with Crippen LogP contribution >= 0.6 is 0 Å². The molecule has 1 aliphatic heterocycles. The summed E-state index contributed by atoms with van der Waals surface area (Å²) in [6.07, 6.45) is 7.00. The largest absolute Gasteiger partial charge is 0.497 e. The summed E-state index contributed by atoms with van der Waals surface area (Å²) in [6.45, 7) is 3.51. The summed E-state index contributed by atoms with van der Waals surface area (Å²) in [7, 11) is 3.27. The van der Waals surface area contributed by atoms with E-state index in [0.717, 1.165) is 36.4 Å². The number of ether oxygens (including phenoxy) is 2. The second kappa shape index (κ2) is 7.87. The van der Waals surface area contributed by atoms with Crippen LogP contribution in [0.4, 0.5) is 0 Å². The zero-order valence-corrected chi connectivity index (χ0v) is 13.7. The van der Waals surface area contributed by atoms with Crippen molar-refractivity contribution in [2.24, 2.45) is 5.92 Å². The van der Waals surface area contributed by atoms with E-state index in [9.17, 15) is 4.79 Å². The van der Waals surface area contributed by atoms with Gasteiger partial charge in [0.25, 0.3) is 0 Å². The van der Waals surface area contributed by atoms with Crippen molar-refractivity contribution in [2.75, 3.05) is 20.8 Å². The topological polar surface area (TPSA) is 38.8 Å². The van der Waals surface area contributed by atoms with E-state index in [1.807, 2.05) is 23.1 Å². The fourth-order valence-corrected chi connectivity index (χ4v) is 2.75. The molecule has 1 fully saturated rings. The lowest BCUT2D eigenvalue weighted by Crippen LogP contribution is -2.37. The van der Waals surface area contributed by atoms with E-state index < -0.39 is 0 Å². The lowest BCUT2D eigenvalue weighted by atomic mass is 9.95. The maximum atomic E-state index is 12.3. The highest BCUT2D eigenvalue weighted by Crippen LogP contribution is 2.28. The van der Waals surface area contributed by atoms with Crippen molar-refractivity contribution in [3.05, 3.63) is 35.9 Å². The third kappa shape index (κ3) is 4.03. The molecule has 4 heteroatoms. The average Bonchev–Trinajstić information content (AvgIpc) is 2.55. The molecule has 0 aromatic heterocycles. The van der Waals surface area contributed by atoms with Crippen LogP contribution in [0.15, 0.2) is 30.4 Å². The molecule has 1 aromatic carbocycles. The highest BCUT2D eigenvalue weighted by atomic mass is 16.5. The summed E-state index contributed by atoms with van der Waals surface area (Å²) in [5.74, 6) is 2.13. The number of piperidine rings is 1.